The maximum absolute atomic E-state index is 12.3. The van der Waals surface area contributed by atoms with Gasteiger partial charge in [-0.1, -0.05) is 29.8 Å². The smallest absolute Gasteiger partial charge is 0.224 e. The standard InChI is InChI=1S/C16H24N2O2.ClH/c1-12-4-6-14(7-5-12)13(2)18(3)16(19)10-15-11-20-9-8-17-15;/h4-7,13,15,17H,8-11H2,1-3H3;1H. The molecule has 21 heavy (non-hydrogen) atoms. The van der Waals surface area contributed by atoms with Crippen LogP contribution in [0.2, 0.25) is 0 Å². The second-order valence-corrected chi connectivity index (χ2v) is 5.52. The van der Waals surface area contributed by atoms with Crippen LogP contribution in [0, 0.1) is 6.92 Å². The number of nitrogens with one attached hydrogen (secondary N) is 1. The Morgan fingerprint density at radius 1 is 1.43 bits per heavy atom. The number of carbonyl (C=O) groups is 1. The summed E-state index contributed by atoms with van der Waals surface area (Å²) in [5.41, 5.74) is 2.40. The minimum atomic E-state index is 0. The van der Waals surface area contributed by atoms with Crippen molar-refractivity contribution in [3.8, 4) is 0 Å². The third-order valence-corrected chi connectivity index (χ3v) is 3.95. The van der Waals surface area contributed by atoms with Gasteiger partial charge in [0, 0.05) is 26.1 Å². The molecular weight excluding hydrogens is 288 g/mol. The lowest BCUT2D eigenvalue weighted by atomic mass is 10.0. The lowest BCUT2D eigenvalue weighted by Crippen LogP contribution is -2.44. The first-order valence-electron chi connectivity index (χ1n) is 7.21. The van der Waals surface area contributed by atoms with Crippen molar-refractivity contribution in [1.82, 2.24) is 10.2 Å². The van der Waals surface area contributed by atoms with Gasteiger partial charge >= 0.3 is 0 Å². The second-order valence-electron chi connectivity index (χ2n) is 5.52. The van der Waals surface area contributed by atoms with Crippen molar-refractivity contribution >= 4 is 18.3 Å². The summed E-state index contributed by atoms with van der Waals surface area (Å²) in [5, 5.41) is 3.32. The monoisotopic (exact) mass is 312 g/mol. The van der Waals surface area contributed by atoms with Gasteiger partial charge in [0.05, 0.1) is 19.3 Å². The SMILES string of the molecule is Cc1ccc(C(C)N(C)C(=O)CC2COCCN2)cc1.Cl. The molecule has 118 valence electrons. The van der Waals surface area contributed by atoms with Crippen LogP contribution in [0.25, 0.3) is 0 Å². The van der Waals surface area contributed by atoms with Gasteiger partial charge in [0.2, 0.25) is 5.91 Å². The third kappa shape index (κ3) is 4.99. The summed E-state index contributed by atoms with van der Waals surface area (Å²) in [6.45, 7) is 6.32. The fourth-order valence-electron chi connectivity index (χ4n) is 2.39. The first-order valence-corrected chi connectivity index (χ1v) is 7.21. The number of carbonyl (C=O) groups excluding carboxylic acids is 1. The summed E-state index contributed by atoms with van der Waals surface area (Å²) in [5.74, 6) is 0.154. The molecule has 0 spiro atoms. The Labute approximate surface area is 133 Å². The summed E-state index contributed by atoms with van der Waals surface area (Å²) in [6, 6.07) is 8.58. The lowest BCUT2D eigenvalue weighted by Gasteiger charge is -2.29. The van der Waals surface area contributed by atoms with Crippen LogP contribution >= 0.6 is 12.4 Å². The Bertz CT molecular complexity index is 444. The summed E-state index contributed by atoms with van der Waals surface area (Å²) in [6.07, 6.45) is 0.493. The summed E-state index contributed by atoms with van der Waals surface area (Å²) in [4.78, 5) is 14.1. The topological polar surface area (TPSA) is 41.6 Å². The molecule has 0 bridgehead atoms. The van der Waals surface area contributed by atoms with Crippen LogP contribution in [0.15, 0.2) is 24.3 Å². The molecule has 1 saturated heterocycles. The highest BCUT2D eigenvalue weighted by Gasteiger charge is 2.22. The van der Waals surface area contributed by atoms with Gasteiger partial charge in [-0.15, -0.1) is 12.4 Å². The molecule has 1 amide bonds. The molecule has 1 N–H and O–H groups in total. The van der Waals surface area contributed by atoms with Crippen molar-refractivity contribution in [2.24, 2.45) is 0 Å². The predicted molar refractivity (Wildman–Crippen MR) is 86.8 cm³/mol. The first-order chi connectivity index (χ1) is 9.58. The predicted octanol–water partition coefficient (Wildman–Crippen LogP) is 2.31. The Kier molecular flexibility index (Phi) is 7.15. The van der Waals surface area contributed by atoms with Crippen LogP contribution in [-0.4, -0.2) is 43.7 Å². The number of aryl methyl sites for hydroxylation is 1. The van der Waals surface area contributed by atoms with E-state index in [4.69, 9.17) is 4.74 Å². The molecule has 0 radical (unpaired) electrons. The van der Waals surface area contributed by atoms with Crippen LogP contribution in [-0.2, 0) is 9.53 Å². The minimum Gasteiger partial charge on any atom is -0.378 e. The quantitative estimate of drug-likeness (QED) is 0.927. The average molecular weight is 313 g/mol. The van der Waals surface area contributed by atoms with E-state index >= 15 is 0 Å². The fourth-order valence-corrected chi connectivity index (χ4v) is 2.39. The highest BCUT2D eigenvalue weighted by atomic mass is 35.5. The van der Waals surface area contributed by atoms with E-state index in [9.17, 15) is 4.79 Å². The molecule has 2 unspecified atom stereocenters. The molecule has 4 nitrogen and oxygen atoms in total. The summed E-state index contributed by atoms with van der Waals surface area (Å²) in [7, 11) is 1.87. The van der Waals surface area contributed by atoms with Crippen molar-refractivity contribution in [3.05, 3.63) is 35.4 Å². The molecule has 1 heterocycles. The van der Waals surface area contributed by atoms with Gasteiger partial charge in [-0.2, -0.15) is 0 Å². The highest BCUT2D eigenvalue weighted by Crippen LogP contribution is 2.20. The number of amides is 1. The first kappa shape index (κ1) is 18.0. The van der Waals surface area contributed by atoms with E-state index in [1.54, 1.807) is 0 Å². The van der Waals surface area contributed by atoms with Gasteiger partial charge in [-0.05, 0) is 19.4 Å². The highest BCUT2D eigenvalue weighted by molar-refractivity contribution is 5.85. The van der Waals surface area contributed by atoms with E-state index < -0.39 is 0 Å². The zero-order valence-electron chi connectivity index (χ0n) is 13.0. The van der Waals surface area contributed by atoms with Crippen LogP contribution in [0.1, 0.15) is 30.5 Å². The van der Waals surface area contributed by atoms with E-state index in [-0.39, 0.29) is 30.4 Å². The van der Waals surface area contributed by atoms with Gasteiger partial charge in [0.1, 0.15) is 0 Å². The lowest BCUT2D eigenvalue weighted by molar-refractivity contribution is -0.133. The van der Waals surface area contributed by atoms with Crippen molar-refractivity contribution in [2.75, 3.05) is 26.8 Å². The Morgan fingerprint density at radius 3 is 2.67 bits per heavy atom. The molecule has 1 fully saturated rings. The second kappa shape index (κ2) is 8.37. The molecule has 1 aliphatic heterocycles. The normalized spacial score (nSPS) is 19.5. The van der Waals surface area contributed by atoms with Gasteiger partial charge in [0.15, 0.2) is 0 Å². The zero-order chi connectivity index (χ0) is 14.5. The number of hydrogen-bond acceptors (Lipinski definition) is 3. The van der Waals surface area contributed by atoms with Crippen LogP contribution < -0.4 is 5.32 Å². The molecule has 0 aliphatic carbocycles. The largest absolute Gasteiger partial charge is 0.378 e. The van der Waals surface area contributed by atoms with E-state index in [0.29, 0.717) is 13.0 Å². The molecule has 0 saturated carbocycles. The van der Waals surface area contributed by atoms with Crippen LogP contribution in [0.5, 0.6) is 0 Å². The van der Waals surface area contributed by atoms with Gasteiger partial charge in [-0.3, -0.25) is 4.79 Å². The van der Waals surface area contributed by atoms with E-state index in [1.807, 2.05) is 11.9 Å². The number of morpholine rings is 1. The van der Waals surface area contributed by atoms with E-state index in [0.717, 1.165) is 13.2 Å². The number of halogens is 1. The molecular formula is C16H25ClN2O2. The maximum atomic E-state index is 12.3. The van der Waals surface area contributed by atoms with Crippen molar-refractivity contribution in [1.29, 1.82) is 0 Å². The Morgan fingerprint density at radius 2 is 2.10 bits per heavy atom. The Balaban J connectivity index is 0.00000220. The number of hydrogen-bond donors (Lipinski definition) is 1. The van der Waals surface area contributed by atoms with Crippen molar-refractivity contribution in [2.45, 2.75) is 32.4 Å². The molecule has 2 atom stereocenters. The van der Waals surface area contributed by atoms with Gasteiger partial charge in [0.25, 0.3) is 0 Å². The molecule has 1 aliphatic rings. The number of rotatable bonds is 4. The summed E-state index contributed by atoms with van der Waals surface area (Å²) < 4.78 is 5.39. The van der Waals surface area contributed by atoms with Crippen molar-refractivity contribution < 1.29 is 9.53 Å². The maximum Gasteiger partial charge on any atom is 0.224 e. The number of ether oxygens (including phenoxy) is 1. The van der Waals surface area contributed by atoms with E-state index in [1.165, 1.54) is 11.1 Å². The fraction of sp³-hybridized carbons (Fsp3) is 0.562. The summed E-state index contributed by atoms with van der Waals surface area (Å²) >= 11 is 0. The van der Waals surface area contributed by atoms with Crippen LogP contribution in [0.4, 0.5) is 0 Å². The van der Waals surface area contributed by atoms with Crippen molar-refractivity contribution in [3.63, 3.8) is 0 Å². The Hall–Kier alpha value is -1.10. The third-order valence-electron chi connectivity index (χ3n) is 3.95. The molecule has 0 aromatic heterocycles. The zero-order valence-corrected chi connectivity index (χ0v) is 13.8. The number of nitrogens with zero attached hydrogens (tertiary/aromatic N) is 1. The molecule has 5 heteroatoms. The minimum absolute atomic E-state index is 0. The molecule has 1 aromatic rings. The van der Waals surface area contributed by atoms with Gasteiger partial charge < -0.3 is 15.0 Å². The number of benzene rings is 1. The molecule has 1 aromatic carbocycles. The van der Waals surface area contributed by atoms with Crippen LogP contribution in [0.3, 0.4) is 0 Å². The average Bonchev–Trinajstić information content (AvgIpc) is 2.47. The van der Waals surface area contributed by atoms with E-state index in [2.05, 4.69) is 43.4 Å². The van der Waals surface area contributed by atoms with Gasteiger partial charge in [-0.25, -0.2) is 0 Å². The molecule has 2 rings (SSSR count).